The molecule has 21 heavy (non-hydrogen) atoms. The largest absolute Gasteiger partial charge is 0.479 e. The van der Waals surface area contributed by atoms with Crippen LogP contribution in [0.15, 0.2) is 36.4 Å². The van der Waals surface area contributed by atoms with E-state index >= 15 is 0 Å². The first-order valence-corrected chi connectivity index (χ1v) is 6.64. The molecule has 0 amide bonds. The molecule has 2 aromatic carbocycles. The van der Waals surface area contributed by atoms with Gasteiger partial charge in [-0.25, -0.2) is 9.18 Å². The molecule has 0 aliphatic heterocycles. The van der Waals surface area contributed by atoms with Crippen molar-refractivity contribution in [3.05, 3.63) is 58.9 Å². The van der Waals surface area contributed by atoms with Crippen LogP contribution in [0.25, 0.3) is 0 Å². The molecule has 0 radical (unpaired) electrons. The number of aryl methyl sites for hydroxylation is 2. The SMILES string of the molecule is Cc1ccc(C)c(OC(=O)COc2ccccc2F)c1C. The van der Waals surface area contributed by atoms with E-state index in [2.05, 4.69) is 0 Å². The van der Waals surface area contributed by atoms with E-state index in [0.29, 0.717) is 5.75 Å². The number of carbonyl (C=O) groups excluding carboxylic acids is 1. The van der Waals surface area contributed by atoms with Gasteiger partial charge in [0.15, 0.2) is 18.2 Å². The van der Waals surface area contributed by atoms with E-state index in [9.17, 15) is 9.18 Å². The highest BCUT2D eigenvalue weighted by Gasteiger charge is 2.13. The van der Waals surface area contributed by atoms with Gasteiger partial charge in [-0.15, -0.1) is 0 Å². The number of halogens is 1. The third-order valence-corrected chi connectivity index (χ3v) is 3.27. The second kappa shape index (κ2) is 6.39. The maximum Gasteiger partial charge on any atom is 0.349 e. The molecular weight excluding hydrogens is 271 g/mol. The Balaban J connectivity index is 2.03. The fourth-order valence-corrected chi connectivity index (χ4v) is 1.92. The Labute approximate surface area is 123 Å². The van der Waals surface area contributed by atoms with Crippen molar-refractivity contribution in [2.75, 3.05) is 6.61 Å². The second-order valence-electron chi connectivity index (χ2n) is 4.85. The van der Waals surface area contributed by atoms with Gasteiger partial charge in [-0.1, -0.05) is 24.3 Å². The maximum atomic E-state index is 13.4. The summed E-state index contributed by atoms with van der Waals surface area (Å²) in [7, 11) is 0. The van der Waals surface area contributed by atoms with Crippen LogP contribution < -0.4 is 9.47 Å². The molecule has 2 rings (SSSR count). The minimum Gasteiger partial charge on any atom is -0.479 e. The molecule has 0 atom stereocenters. The van der Waals surface area contributed by atoms with Crippen LogP contribution in [-0.4, -0.2) is 12.6 Å². The standard InChI is InChI=1S/C17H17FO3/c1-11-8-9-12(2)17(13(11)3)21-16(19)10-20-15-7-5-4-6-14(15)18/h4-9H,10H2,1-3H3. The van der Waals surface area contributed by atoms with Gasteiger partial charge in [0.1, 0.15) is 5.75 Å². The lowest BCUT2D eigenvalue weighted by atomic mass is 10.1. The van der Waals surface area contributed by atoms with Crippen molar-refractivity contribution < 1.29 is 18.7 Å². The molecule has 0 unspecified atom stereocenters. The van der Waals surface area contributed by atoms with E-state index in [4.69, 9.17) is 9.47 Å². The summed E-state index contributed by atoms with van der Waals surface area (Å²) >= 11 is 0. The minimum absolute atomic E-state index is 0.0344. The molecule has 0 spiro atoms. The Bertz CT molecular complexity index is 665. The smallest absolute Gasteiger partial charge is 0.349 e. The molecule has 0 aromatic heterocycles. The summed E-state index contributed by atoms with van der Waals surface area (Å²) in [6.45, 7) is 5.37. The fraction of sp³-hybridized carbons (Fsp3) is 0.235. The van der Waals surface area contributed by atoms with Crippen LogP contribution in [-0.2, 0) is 4.79 Å². The molecule has 0 aliphatic carbocycles. The van der Waals surface area contributed by atoms with Crippen LogP contribution in [0.4, 0.5) is 4.39 Å². The van der Waals surface area contributed by atoms with E-state index in [-0.39, 0.29) is 12.4 Å². The van der Waals surface area contributed by atoms with E-state index in [0.717, 1.165) is 16.7 Å². The van der Waals surface area contributed by atoms with E-state index in [1.165, 1.54) is 12.1 Å². The molecule has 0 N–H and O–H groups in total. The lowest BCUT2D eigenvalue weighted by Crippen LogP contribution is -2.19. The molecule has 110 valence electrons. The minimum atomic E-state index is -0.560. The van der Waals surface area contributed by atoms with Crippen LogP contribution in [0.3, 0.4) is 0 Å². The molecule has 4 heteroatoms. The monoisotopic (exact) mass is 288 g/mol. The Morgan fingerprint density at radius 3 is 2.43 bits per heavy atom. The summed E-state index contributed by atoms with van der Waals surface area (Å²) < 4.78 is 23.8. The number of para-hydroxylation sites is 1. The highest BCUT2D eigenvalue weighted by molar-refractivity contribution is 5.75. The van der Waals surface area contributed by atoms with Crippen molar-refractivity contribution in [2.24, 2.45) is 0 Å². The predicted molar refractivity (Wildman–Crippen MR) is 78.2 cm³/mol. The van der Waals surface area contributed by atoms with Crippen molar-refractivity contribution in [1.29, 1.82) is 0 Å². The van der Waals surface area contributed by atoms with E-state index in [1.807, 2.05) is 32.9 Å². The number of carbonyl (C=O) groups is 1. The van der Waals surface area contributed by atoms with Crippen molar-refractivity contribution in [1.82, 2.24) is 0 Å². The van der Waals surface area contributed by atoms with Crippen LogP contribution >= 0.6 is 0 Å². The van der Waals surface area contributed by atoms with Crippen molar-refractivity contribution in [2.45, 2.75) is 20.8 Å². The average Bonchev–Trinajstić information content (AvgIpc) is 2.47. The summed E-state index contributed by atoms with van der Waals surface area (Å²) in [5, 5.41) is 0. The third-order valence-electron chi connectivity index (χ3n) is 3.27. The maximum absolute atomic E-state index is 13.4. The van der Waals surface area contributed by atoms with Gasteiger partial charge >= 0.3 is 5.97 Å². The molecule has 0 fully saturated rings. The zero-order valence-corrected chi connectivity index (χ0v) is 12.3. The van der Waals surface area contributed by atoms with Gasteiger partial charge in [-0.2, -0.15) is 0 Å². The normalized spacial score (nSPS) is 10.3. The summed E-state index contributed by atoms with van der Waals surface area (Å²) in [6.07, 6.45) is 0. The summed E-state index contributed by atoms with van der Waals surface area (Å²) in [5.74, 6) is -0.493. The van der Waals surface area contributed by atoms with Crippen molar-refractivity contribution in [3.63, 3.8) is 0 Å². The first-order valence-electron chi connectivity index (χ1n) is 6.64. The van der Waals surface area contributed by atoms with Gasteiger partial charge in [0, 0.05) is 0 Å². The Hall–Kier alpha value is -2.36. The van der Waals surface area contributed by atoms with Crippen LogP contribution in [0.2, 0.25) is 0 Å². The Morgan fingerprint density at radius 2 is 1.71 bits per heavy atom. The van der Waals surface area contributed by atoms with Gasteiger partial charge in [0.25, 0.3) is 0 Å². The molecule has 0 saturated heterocycles. The van der Waals surface area contributed by atoms with Crippen LogP contribution in [0.1, 0.15) is 16.7 Å². The summed E-state index contributed by atoms with van der Waals surface area (Å²) in [4.78, 5) is 11.8. The molecule has 0 heterocycles. The number of hydrogen-bond donors (Lipinski definition) is 0. The number of benzene rings is 2. The molecule has 3 nitrogen and oxygen atoms in total. The summed E-state index contributed by atoms with van der Waals surface area (Å²) in [6, 6.07) is 9.79. The second-order valence-corrected chi connectivity index (χ2v) is 4.85. The lowest BCUT2D eigenvalue weighted by Gasteiger charge is -2.13. The average molecular weight is 288 g/mol. The molecule has 2 aromatic rings. The van der Waals surface area contributed by atoms with Crippen molar-refractivity contribution >= 4 is 5.97 Å². The summed E-state index contributed by atoms with van der Waals surface area (Å²) in [5.41, 5.74) is 2.82. The fourth-order valence-electron chi connectivity index (χ4n) is 1.92. The van der Waals surface area contributed by atoms with Gasteiger partial charge in [0.05, 0.1) is 0 Å². The Morgan fingerprint density at radius 1 is 1.05 bits per heavy atom. The Kier molecular flexibility index (Phi) is 4.58. The van der Waals surface area contributed by atoms with E-state index < -0.39 is 11.8 Å². The first-order chi connectivity index (χ1) is 9.99. The van der Waals surface area contributed by atoms with Crippen LogP contribution in [0.5, 0.6) is 11.5 Å². The number of rotatable bonds is 4. The topological polar surface area (TPSA) is 35.5 Å². The number of ether oxygens (including phenoxy) is 2. The highest BCUT2D eigenvalue weighted by Crippen LogP contribution is 2.26. The lowest BCUT2D eigenvalue weighted by molar-refractivity contribution is -0.136. The first kappa shape index (κ1) is 15.0. The molecule has 0 saturated carbocycles. The van der Waals surface area contributed by atoms with Gasteiger partial charge in [-0.3, -0.25) is 0 Å². The highest BCUT2D eigenvalue weighted by atomic mass is 19.1. The number of esters is 1. The third kappa shape index (κ3) is 3.60. The number of hydrogen-bond acceptors (Lipinski definition) is 3. The zero-order valence-electron chi connectivity index (χ0n) is 12.3. The predicted octanol–water partition coefficient (Wildman–Crippen LogP) is 3.74. The van der Waals surface area contributed by atoms with Crippen molar-refractivity contribution in [3.8, 4) is 11.5 Å². The molecule has 0 bridgehead atoms. The van der Waals surface area contributed by atoms with Gasteiger partial charge in [-0.05, 0) is 49.6 Å². The molecule has 0 aliphatic rings. The molecular formula is C17H17FO3. The van der Waals surface area contributed by atoms with Gasteiger partial charge < -0.3 is 9.47 Å². The quantitative estimate of drug-likeness (QED) is 0.635. The van der Waals surface area contributed by atoms with Gasteiger partial charge in [0.2, 0.25) is 0 Å². The van der Waals surface area contributed by atoms with Crippen LogP contribution in [0, 0.1) is 26.6 Å². The van der Waals surface area contributed by atoms with E-state index in [1.54, 1.807) is 12.1 Å². The zero-order chi connectivity index (χ0) is 15.4.